The third-order valence-electron chi connectivity index (χ3n) is 6.04. The summed E-state index contributed by atoms with van der Waals surface area (Å²) < 4.78 is 0. The number of benzene rings is 1. The van der Waals surface area contributed by atoms with Gasteiger partial charge in [0.1, 0.15) is 0 Å². The first-order chi connectivity index (χ1) is 11.1. The Hall–Kier alpha value is -2.43. The molecule has 116 valence electrons. The Morgan fingerprint density at radius 2 is 1.57 bits per heavy atom. The third kappa shape index (κ3) is 1.49. The second-order valence-corrected chi connectivity index (χ2v) is 6.99. The number of nitrogens with zero attached hydrogens (tertiary/aromatic N) is 1. The number of para-hydroxylation sites is 1. The molecular formula is C18H15NO4. The molecule has 2 saturated carbocycles. The average molecular weight is 309 g/mol. The summed E-state index contributed by atoms with van der Waals surface area (Å²) in [5.74, 6) is -0.805. The summed E-state index contributed by atoms with van der Waals surface area (Å²) in [5, 5.41) is 9.36. The molecule has 4 aliphatic carbocycles. The minimum absolute atomic E-state index is 0.00156. The van der Waals surface area contributed by atoms with E-state index in [0.717, 1.165) is 11.3 Å². The van der Waals surface area contributed by atoms with Crippen molar-refractivity contribution in [2.45, 2.75) is 6.42 Å². The predicted octanol–water partition coefficient (Wildman–Crippen LogP) is 1.94. The lowest BCUT2D eigenvalue weighted by Gasteiger charge is -2.37. The number of carboxylic acids is 1. The van der Waals surface area contributed by atoms with E-state index in [-0.39, 0.29) is 46.7 Å². The lowest BCUT2D eigenvalue weighted by Crippen LogP contribution is -2.40. The van der Waals surface area contributed by atoms with E-state index in [1.807, 2.05) is 0 Å². The highest BCUT2D eigenvalue weighted by Crippen LogP contribution is 2.65. The van der Waals surface area contributed by atoms with Crippen LogP contribution in [0.3, 0.4) is 0 Å². The first kappa shape index (κ1) is 13.0. The monoisotopic (exact) mass is 309 g/mol. The van der Waals surface area contributed by atoms with Crippen LogP contribution < -0.4 is 4.90 Å². The Labute approximate surface area is 132 Å². The summed E-state index contributed by atoms with van der Waals surface area (Å²) in [7, 11) is 0. The van der Waals surface area contributed by atoms with Crippen LogP contribution in [-0.4, -0.2) is 22.9 Å². The van der Waals surface area contributed by atoms with Crippen LogP contribution in [0, 0.1) is 35.5 Å². The van der Waals surface area contributed by atoms with Crippen LogP contribution in [0.5, 0.6) is 0 Å². The summed E-state index contributed by atoms with van der Waals surface area (Å²) in [5.41, 5.74) is 0.204. The fourth-order valence-corrected chi connectivity index (χ4v) is 5.04. The van der Waals surface area contributed by atoms with Crippen molar-refractivity contribution in [1.29, 1.82) is 0 Å². The molecule has 0 unspecified atom stereocenters. The van der Waals surface area contributed by atoms with Crippen LogP contribution in [0.2, 0.25) is 0 Å². The van der Waals surface area contributed by atoms with Gasteiger partial charge >= 0.3 is 5.97 Å². The Kier molecular flexibility index (Phi) is 2.33. The van der Waals surface area contributed by atoms with Gasteiger partial charge in [-0.25, -0.2) is 9.69 Å². The predicted molar refractivity (Wildman–Crippen MR) is 80.6 cm³/mol. The van der Waals surface area contributed by atoms with Gasteiger partial charge in [-0.15, -0.1) is 0 Å². The van der Waals surface area contributed by atoms with Crippen LogP contribution in [0.1, 0.15) is 16.8 Å². The summed E-state index contributed by atoms with van der Waals surface area (Å²) in [6.45, 7) is 0. The molecule has 3 fully saturated rings. The molecule has 1 saturated heterocycles. The molecule has 5 heteroatoms. The SMILES string of the molecule is O=C(O)c1ccccc1N1C(=O)[C@@H]2[C@H]3C=C[C@@H]([C@@H]4C[C@@H]34)[C@@H]2C1=O. The number of carbonyl (C=O) groups excluding carboxylic acids is 2. The molecule has 6 rings (SSSR count). The number of aromatic carboxylic acids is 1. The van der Waals surface area contributed by atoms with E-state index < -0.39 is 5.97 Å². The molecule has 6 atom stereocenters. The standard InChI is InChI=1S/C18H15NO4/c20-16-14-8-5-6-9(12-7-11(8)12)15(14)17(21)19(16)13-4-2-1-3-10(13)18(22)23/h1-6,8-9,11-12,14-15H,7H2,(H,22,23)/t8-,9-,11-,12-,14-,15+/m0/s1. The number of imide groups is 1. The number of rotatable bonds is 2. The summed E-state index contributed by atoms with van der Waals surface area (Å²) >= 11 is 0. The van der Waals surface area contributed by atoms with Crippen LogP contribution in [-0.2, 0) is 9.59 Å². The number of allylic oxidation sites excluding steroid dienone is 2. The molecule has 1 aromatic rings. The van der Waals surface area contributed by atoms with E-state index in [4.69, 9.17) is 0 Å². The largest absolute Gasteiger partial charge is 0.478 e. The fourth-order valence-electron chi connectivity index (χ4n) is 5.04. The number of carboxylic acid groups (broad SMARTS) is 1. The molecule has 23 heavy (non-hydrogen) atoms. The molecule has 2 bridgehead atoms. The zero-order valence-corrected chi connectivity index (χ0v) is 12.3. The van der Waals surface area contributed by atoms with Crippen molar-refractivity contribution < 1.29 is 19.5 Å². The molecule has 1 N–H and O–H groups in total. The van der Waals surface area contributed by atoms with Gasteiger partial charge in [0.15, 0.2) is 0 Å². The molecule has 2 amide bonds. The van der Waals surface area contributed by atoms with E-state index in [0.29, 0.717) is 11.8 Å². The zero-order chi connectivity index (χ0) is 15.9. The van der Waals surface area contributed by atoms with Gasteiger partial charge in [0.25, 0.3) is 0 Å². The van der Waals surface area contributed by atoms with Gasteiger partial charge in [0.2, 0.25) is 11.8 Å². The highest BCUT2D eigenvalue weighted by Gasteiger charge is 2.67. The van der Waals surface area contributed by atoms with Gasteiger partial charge < -0.3 is 5.11 Å². The average Bonchev–Trinajstić information content (AvgIpc) is 3.32. The van der Waals surface area contributed by atoms with Gasteiger partial charge in [-0.1, -0.05) is 24.3 Å². The maximum Gasteiger partial charge on any atom is 0.337 e. The van der Waals surface area contributed by atoms with E-state index in [2.05, 4.69) is 12.2 Å². The maximum atomic E-state index is 13.0. The first-order valence-electron chi connectivity index (χ1n) is 7.98. The number of carbonyl (C=O) groups is 3. The van der Waals surface area contributed by atoms with E-state index in [9.17, 15) is 19.5 Å². The molecule has 5 aliphatic rings. The topological polar surface area (TPSA) is 74.7 Å². The summed E-state index contributed by atoms with van der Waals surface area (Å²) in [6.07, 6.45) is 5.33. The van der Waals surface area contributed by atoms with Crippen molar-refractivity contribution in [2.24, 2.45) is 35.5 Å². The van der Waals surface area contributed by atoms with Gasteiger partial charge in [0, 0.05) is 0 Å². The quantitative estimate of drug-likeness (QED) is 0.669. The molecular weight excluding hydrogens is 294 g/mol. The van der Waals surface area contributed by atoms with Crippen LogP contribution >= 0.6 is 0 Å². The van der Waals surface area contributed by atoms with Gasteiger partial charge in [-0.3, -0.25) is 9.59 Å². The molecule has 5 nitrogen and oxygen atoms in total. The van der Waals surface area contributed by atoms with Crippen molar-refractivity contribution in [2.75, 3.05) is 4.90 Å². The van der Waals surface area contributed by atoms with Crippen molar-refractivity contribution in [3.05, 3.63) is 42.0 Å². The van der Waals surface area contributed by atoms with E-state index in [1.54, 1.807) is 18.2 Å². The van der Waals surface area contributed by atoms with Crippen LogP contribution in [0.25, 0.3) is 0 Å². The minimum atomic E-state index is -1.12. The molecule has 1 heterocycles. The fraction of sp³-hybridized carbons (Fsp3) is 0.389. The van der Waals surface area contributed by atoms with Gasteiger partial charge in [0.05, 0.1) is 23.1 Å². The van der Waals surface area contributed by atoms with Crippen molar-refractivity contribution in [3.8, 4) is 0 Å². The van der Waals surface area contributed by atoms with E-state index in [1.165, 1.54) is 6.07 Å². The summed E-state index contributed by atoms with van der Waals surface area (Å²) in [6, 6.07) is 6.25. The second-order valence-electron chi connectivity index (χ2n) is 6.99. The number of hydrogen-bond acceptors (Lipinski definition) is 3. The Morgan fingerprint density at radius 1 is 1.00 bits per heavy atom. The highest BCUT2D eigenvalue weighted by molar-refractivity contribution is 6.24. The third-order valence-corrected chi connectivity index (χ3v) is 6.04. The van der Waals surface area contributed by atoms with Crippen molar-refractivity contribution in [1.82, 2.24) is 0 Å². The molecule has 0 aromatic heterocycles. The zero-order valence-electron chi connectivity index (χ0n) is 12.3. The Morgan fingerprint density at radius 3 is 2.13 bits per heavy atom. The maximum absolute atomic E-state index is 13.0. The Balaban J connectivity index is 1.61. The lowest BCUT2D eigenvalue weighted by atomic mass is 9.63. The normalized spacial score (nSPS) is 39.4. The van der Waals surface area contributed by atoms with Crippen LogP contribution in [0.4, 0.5) is 5.69 Å². The molecule has 0 radical (unpaired) electrons. The van der Waals surface area contributed by atoms with Crippen molar-refractivity contribution in [3.63, 3.8) is 0 Å². The van der Waals surface area contributed by atoms with Gasteiger partial charge in [-0.2, -0.15) is 0 Å². The number of anilines is 1. The van der Waals surface area contributed by atoms with Crippen molar-refractivity contribution >= 4 is 23.5 Å². The summed E-state index contributed by atoms with van der Waals surface area (Å²) in [4.78, 5) is 38.5. The van der Waals surface area contributed by atoms with Gasteiger partial charge in [-0.05, 0) is 42.2 Å². The molecule has 1 aliphatic heterocycles. The minimum Gasteiger partial charge on any atom is -0.478 e. The van der Waals surface area contributed by atoms with E-state index >= 15 is 0 Å². The smallest absolute Gasteiger partial charge is 0.337 e. The van der Waals surface area contributed by atoms with Crippen LogP contribution in [0.15, 0.2) is 36.4 Å². The molecule has 1 aromatic carbocycles. The highest BCUT2D eigenvalue weighted by atomic mass is 16.4. The lowest BCUT2D eigenvalue weighted by molar-refractivity contribution is -0.124. The first-order valence-corrected chi connectivity index (χ1v) is 7.98. The number of hydrogen-bond donors (Lipinski definition) is 1. The Bertz CT molecular complexity index is 762. The number of amides is 2. The second kappa shape index (κ2) is 4.10. The molecule has 0 spiro atoms.